The molecule has 25 heavy (non-hydrogen) atoms. The van der Waals surface area contributed by atoms with Crippen molar-refractivity contribution in [3.8, 4) is 0 Å². The van der Waals surface area contributed by atoms with E-state index in [2.05, 4.69) is 15.3 Å². The summed E-state index contributed by atoms with van der Waals surface area (Å²) in [6, 6.07) is 9.88. The molecule has 1 aliphatic heterocycles. The molecule has 1 unspecified atom stereocenters. The first-order valence-electron chi connectivity index (χ1n) is 7.72. The number of carbonyl (C=O) groups is 1. The maximum absolute atomic E-state index is 12.6. The van der Waals surface area contributed by atoms with Crippen LogP contribution in [-0.2, 0) is 10.5 Å². The van der Waals surface area contributed by atoms with E-state index in [1.807, 2.05) is 41.4 Å². The first-order chi connectivity index (χ1) is 11.3. The molecule has 1 N–H and O–H groups in total. The number of halogens is 2. The zero-order valence-corrected chi connectivity index (χ0v) is 16.2. The van der Waals surface area contributed by atoms with Crippen LogP contribution in [0.1, 0.15) is 17.3 Å². The van der Waals surface area contributed by atoms with Crippen LogP contribution in [0.15, 0.2) is 48.9 Å². The molecule has 2 aromatic heterocycles. The van der Waals surface area contributed by atoms with Crippen molar-refractivity contribution in [2.45, 2.75) is 11.8 Å². The van der Waals surface area contributed by atoms with Crippen LogP contribution in [0.2, 0.25) is 0 Å². The number of nitrogens with one attached hydrogen (secondary N) is 1. The van der Waals surface area contributed by atoms with Gasteiger partial charge in [0.15, 0.2) is 0 Å². The van der Waals surface area contributed by atoms with Gasteiger partial charge in [-0.2, -0.15) is 0 Å². The van der Waals surface area contributed by atoms with Crippen LogP contribution in [0.4, 0.5) is 0 Å². The highest BCUT2D eigenvalue weighted by molar-refractivity contribution is 7.99. The Kier molecular flexibility index (Phi) is 9.82. The van der Waals surface area contributed by atoms with E-state index < -0.39 is 0 Å². The van der Waals surface area contributed by atoms with Gasteiger partial charge in [-0.1, -0.05) is 12.1 Å². The molecule has 1 aliphatic rings. The van der Waals surface area contributed by atoms with E-state index in [9.17, 15) is 4.79 Å². The zero-order chi connectivity index (χ0) is 15.9. The number of thioether (sulfide) groups is 1. The van der Waals surface area contributed by atoms with Gasteiger partial charge >= 0.3 is 0 Å². The van der Waals surface area contributed by atoms with Gasteiger partial charge in [0.1, 0.15) is 0 Å². The fourth-order valence-electron chi connectivity index (χ4n) is 2.68. The molecule has 2 aromatic rings. The first-order valence-corrected chi connectivity index (χ1v) is 8.88. The minimum absolute atomic E-state index is 0. The standard InChI is InChI=1S/C17H20N4OS.2ClH/c22-17(13-23-12-15-5-1-2-7-20-15)21-9-8-19-11-16(21)14-4-3-6-18-10-14;;/h1-7,10,16,19H,8-9,11-13H2;2*1H. The van der Waals surface area contributed by atoms with E-state index in [0.29, 0.717) is 5.75 Å². The molecule has 0 aromatic carbocycles. The Morgan fingerprint density at radius 1 is 1.24 bits per heavy atom. The Morgan fingerprint density at radius 3 is 2.84 bits per heavy atom. The lowest BCUT2D eigenvalue weighted by Crippen LogP contribution is -2.49. The summed E-state index contributed by atoms with van der Waals surface area (Å²) >= 11 is 1.62. The molecule has 1 fully saturated rings. The summed E-state index contributed by atoms with van der Waals surface area (Å²) in [7, 11) is 0. The lowest BCUT2D eigenvalue weighted by molar-refractivity contribution is -0.131. The second-order valence-corrected chi connectivity index (χ2v) is 6.39. The summed E-state index contributed by atoms with van der Waals surface area (Å²) in [5, 5.41) is 3.36. The van der Waals surface area contributed by atoms with E-state index in [-0.39, 0.29) is 36.8 Å². The minimum Gasteiger partial charge on any atom is -0.332 e. The second-order valence-electron chi connectivity index (χ2n) is 5.41. The van der Waals surface area contributed by atoms with Gasteiger partial charge in [-0.3, -0.25) is 14.8 Å². The van der Waals surface area contributed by atoms with Crippen LogP contribution >= 0.6 is 36.6 Å². The smallest absolute Gasteiger partial charge is 0.233 e. The molecule has 0 radical (unpaired) electrons. The van der Waals surface area contributed by atoms with Gasteiger partial charge < -0.3 is 10.2 Å². The molecule has 0 saturated carbocycles. The van der Waals surface area contributed by atoms with Crippen molar-refractivity contribution in [2.75, 3.05) is 25.4 Å². The highest BCUT2D eigenvalue weighted by Crippen LogP contribution is 2.22. The van der Waals surface area contributed by atoms with Crippen LogP contribution in [-0.4, -0.2) is 46.2 Å². The maximum atomic E-state index is 12.6. The molecule has 8 heteroatoms. The van der Waals surface area contributed by atoms with Gasteiger partial charge in [0.05, 0.1) is 17.5 Å². The Hall–Kier alpha value is -1.34. The summed E-state index contributed by atoms with van der Waals surface area (Å²) in [5.74, 6) is 1.42. The van der Waals surface area contributed by atoms with Crippen molar-refractivity contribution in [1.29, 1.82) is 0 Å². The van der Waals surface area contributed by atoms with Crippen molar-refractivity contribution >= 4 is 42.5 Å². The van der Waals surface area contributed by atoms with Crippen LogP contribution < -0.4 is 5.32 Å². The summed E-state index contributed by atoms with van der Waals surface area (Å²) < 4.78 is 0. The molecular weight excluding hydrogens is 379 g/mol. The van der Waals surface area contributed by atoms with Crippen molar-refractivity contribution in [1.82, 2.24) is 20.2 Å². The van der Waals surface area contributed by atoms with E-state index in [0.717, 1.165) is 36.6 Å². The molecule has 1 amide bonds. The monoisotopic (exact) mass is 400 g/mol. The zero-order valence-electron chi connectivity index (χ0n) is 13.7. The fraction of sp³-hybridized carbons (Fsp3) is 0.353. The molecule has 0 aliphatic carbocycles. The third-order valence-corrected chi connectivity index (χ3v) is 4.79. The Balaban J connectivity index is 0.00000156. The Morgan fingerprint density at radius 2 is 2.12 bits per heavy atom. The van der Waals surface area contributed by atoms with Gasteiger partial charge in [-0.15, -0.1) is 36.6 Å². The lowest BCUT2D eigenvalue weighted by Gasteiger charge is -2.36. The van der Waals surface area contributed by atoms with Crippen molar-refractivity contribution in [3.63, 3.8) is 0 Å². The number of carbonyl (C=O) groups excluding carboxylic acids is 1. The third-order valence-electron chi connectivity index (χ3n) is 3.83. The molecule has 5 nitrogen and oxygen atoms in total. The van der Waals surface area contributed by atoms with E-state index in [4.69, 9.17) is 0 Å². The van der Waals surface area contributed by atoms with Gasteiger partial charge in [0, 0.05) is 44.0 Å². The summed E-state index contributed by atoms with van der Waals surface area (Å²) in [6.07, 6.45) is 5.39. The number of rotatable bonds is 5. The maximum Gasteiger partial charge on any atom is 0.233 e. The molecule has 0 spiro atoms. The number of hydrogen-bond donors (Lipinski definition) is 1. The van der Waals surface area contributed by atoms with Crippen molar-refractivity contribution < 1.29 is 4.79 Å². The van der Waals surface area contributed by atoms with E-state index >= 15 is 0 Å². The Labute approximate surface area is 164 Å². The molecule has 136 valence electrons. The van der Waals surface area contributed by atoms with Crippen LogP contribution in [0, 0.1) is 0 Å². The number of nitrogens with zero attached hydrogens (tertiary/aromatic N) is 3. The summed E-state index contributed by atoms with van der Waals surface area (Å²) in [4.78, 5) is 23.0. The lowest BCUT2D eigenvalue weighted by atomic mass is 10.1. The topological polar surface area (TPSA) is 58.1 Å². The highest BCUT2D eigenvalue weighted by Gasteiger charge is 2.27. The number of amides is 1. The highest BCUT2D eigenvalue weighted by atomic mass is 35.5. The van der Waals surface area contributed by atoms with Crippen LogP contribution in [0.3, 0.4) is 0 Å². The average Bonchev–Trinajstić information content (AvgIpc) is 2.63. The number of piperazine rings is 1. The van der Waals surface area contributed by atoms with Crippen LogP contribution in [0.5, 0.6) is 0 Å². The molecule has 1 saturated heterocycles. The summed E-state index contributed by atoms with van der Waals surface area (Å²) in [5.41, 5.74) is 2.09. The average molecular weight is 401 g/mol. The van der Waals surface area contributed by atoms with Gasteiger partial charge in [-0.05, 0) is 23.8 Å². The molecule has 1 atom stereocenters. The molecule has 3 rings (SSSR count). The SMILES string of the molecule is Cl.Cl.O=C(CSCc1ccccn1)N1CCNCC1c1cccnc1. The Bertz CT molecular complexity index is 633. The predicted octanol–water partition coefficient (Wildman–Crippen LogP) is 2.73. The molecular formula is C17H22Cl2N4OS. The predicted molar refractivity (Wildman–Crippen MR) is 106 cm³/mol. The number of aromatic nitrogens is 2. The van der Waals surface area contributed by atoms with Gasteiger partial charge in [0.25, 0.3) is 0 Å². The third kappa shape index (κ3) is 6.15. The van der Waals surface area contributed by atoms with E-state index in [1.54, 1.807) is 24.2 Å². The van der Waals surface area contributed by atoms with E-state index in [1.165, 1.54) is 0 Å². The molecule has 0 bridgehead atoms. The largest absolute Gasteiger partial charge is 0.332 e. The quantitative estimate of drug-likeness (QED) is 0.835. The number of pyridine rings is 2. The second kappa shape index (κ2) is 11.3. The van der Waals surface area contributed by atoms with Crippen LogP contribution in [0.25, 0.3) is 0 Å². The minimum atomic E-state index is 0. The normalized spacial score (nSPS) is 16.5. The van der Waals surface area contributed by atoms with Crippen molar-refractivity contribution in [3.05, 3.63) is 60.2 Å². The van der Waals surface area contributed by atoms with Gasteiger partial charge in [0.2, 0.25) is 5.91 Å². The molecule has 3 heterocycles. The van der Waals surface area contributed by atoms with Crippen molar-refractivity contribution in [2.24, 2.45) is 0 Å². The fourth-order valence-corrected chi connectivity index (χ4v) is 3.51. The van der Waals surface area contributed by atoms with Gasteiger partial charge in [-0.25, -0.2) is 0 Å². The number of hydrogen-bond acceptors (Lipinski definition) is 5. The first kappa shape index (κ1) is 21.7. The summed E-state index contributed by atoms with van der Waals surface area (Å²) in [6.45, 7) is 2.36.